The van der Waals surface area contributed by atoms with Crippen molar-refractivity contribution in [3.8, 4) is 11.1 Å². The third-order valence-electron chi connectivity index (χ3n) is 2.85. The van der Waals surface area contributed by atoms with E-state index in [1.165, 1.54) is 22.2 Å². The van der Waals surface area contributed by atoms with Crippen LogP contribution in [0.1, 0.15) is 5.56 Å². The fourth-order valence-electron chi connectivity index (χ4n) is 2.14. The van der Waals surface area contributed by atoms with Crippen LogP contribution in [-0.2, 0) is 0 Å². The zero-order valence-electron chi connectivity index (χ0n) is 9.22. The molecule has 0 N–H and O–H groups in total. The first-order valence-electron chi connectivity index (χ1n) is 5.47. The van der Waals surface area contributed by atoms with E-state index in [0.717, 1.165) is 0 Å². The third-order valence-corrected chi connectivity index (χ3v) is 2.85. The van der Waals surface area contributed by atoms with Crippen molar-refractivity contribution in [2.45, 2.75) is 6.92 Å². The van der Waals surface area contributed by atoms with Gasteiger partial charge in [0.25, 0.3) is 0 Å². The van der Waals surface area contributed by atoms with Gasteiger partial charge in [-0.15, -0.1) is 0 Å². The maximum Gasteiger partial charge on any atom is 0.0528 e. The van der Waals surface area contributed by atoms with E-state index in [4.69, 9.17) is 0 Å². The number of aromatic nitrogens is 1. The normalized spacial score (nSPS) is 10.8. The van der Waals surface area contributed by atoms with Crippen LogP contribution in [-0.4, -0.2) is 4.40 Å². The summed E-state index contributed by atoms with van der Waals surface area (Å²) in [6.45, 7) is 2.13. The van der Waals surface area contributed by atoms with E-state index in [0.29, 0.717) is 0 Å². The van der Waals surface area contributed by atoms with Crippen molar-refractivity contribution in [3.05, 3.63) is 66.5 Å². The standard InChI is InChI=1S/C15H13N/c1-12-10-14(13-6-3-2-4-7-13)15-8-5-9-16(15)11-12/h2-11H,1H3. The second kappa shape index (κ2) is 3.53. The molecule has 78 valence electrons. The highest BCUT2D eigenvalue weighted by atomic mass is 14.9. The first-order valence-corrected chi connectivity index (χ1v) is 5.47. The SMILES string of the molecule is Cc1cc(-c2ccccc2)c2cccn2c1. The van der Waals surface area contributed by atoms with Gasteiger partial charge in [-0.25, -0.2) is 0 Å². The van der Waals surface area contributed by atoms with Gasteiger partial charge < -0.3 is 4.40 Å². The number of fused-ring (bicyclic) bond motifs is 1. The lowest BCUT2D eigenvalue weighted by atomic mass is 10.0. The maximum atomic E-state index is 2.24. The Hall–Kier alpha value is -2.02. The summed E-state index contributed by atoms with van der Waals surface area (Å²) in [5.41, 5.74) is 5.11. The van der Waals surface area contributed by atoms with Gasteiger partial charge in [-0.3, -0.25) is 0 Å². The van der Waals surface area contributed by atoms with Gasteiger partial charge in [0, 0.05) is 18.0 Å². The zero-order chi connectivity index (χ0) is 11.0. The molecular weight excluding hydrogens is 194 g/mol. The van der Waals surface area contributed by atoms with E-state index in [1.807, 2.05) is 0 Å². The van der Waals surface area contributed by atoms with Crippen LogP contribution in [0.15, 0.2) is 60.9 Å². The van der Waals surface area contributed by atoms with Crippen LogP contribution in [0, 0.1) is 6.92 Å². The number of benzene rings is 1. The molecule has 0 atom stereocenters. The average molecular weight is 207 g/mol. The Morgan fingerprint density at radius 2 is 1.75 bits per heavy atom. The molecule has 1 aromatic carbocycles. The highest BCUT2D eigenvalue weighted by Crippen LogP contribution is 2.25. The first kappa shape index (κ1) is 9.22. The maximum absolute atomic E-state index is 2.24. The molecule has 0 spiro atoms. The monoisotopic (exact) mass is 207 g/mol. The van der Waals surface area contributed by atoms with Gasteiger partial charge in [0.15, 0.2) is 0 Å². The van der Waals surface area contributed by atoms with Gasteiger partial charge >= 0.3 is 0 Å². The molecule has 1 nitrogen and oxygen atoms in total. The summed E-state index contributed by atoms with van der Waals surface area (Å²) in [4.78, 5) is 0. The predicted molar refractivity (Wildman–Crippen MR) is 67.6 cm³/mol. The van der Waals surface area contributed by atoms with Crippen molar-refractivity contribution < 1.29 is 0 Å². The first-order chi connectivity index (χ1) is 7.84. The molecule has 1 heteroatoms. The highest BCUT2D eigenvalue weighted by Gasteiger charge is 2.03. The molecule has 0 aliphatic rings. The molecule has 0 saturated carbocycles. The van der Waals surface area contributed by atoms with Gasteiger partial charge in [-0.1, -0.05) is 30.3 Å². The Morgan fingerprint density at radius 3 is 2.56 bits per heavy atom. The Morgan fingerprint density at radius 1 is 0.938 bits per heavy atom. The number of nitrogens with zero attached hydrogens (tertiary/aromatic N) is 1. The second-order valence-electron chi connectivity index (χ2n) is 4.10. The van der Waals surface area contributed by atoms with E-state index in [2.05, 4.69) is 72.2 Å². The molecule has 0 amide bonds. The smallest absolute Gasteiger partial charge is 0.0528 e. The van der Waals surface area contributed by atoms with Crippen molar-refractivity contribution in [3.63, 3.8) is 0 Å². The second-order valence-corrected chi connectivity index (χ2v) is 4.10. The molecule has 0 bridgehead atoms. The van der Waals surface area contributed by atoms with E-state index < -0.39 is 0 Å². The number of pyridine rings is 1. The largest absolute Gasteiger partial charge is 0.323 e. The molecule has 16 heavy (non-hydrogen) atoms. The van der Waals surface area contributed by atoms with Crippen LogP contribution in [0.25, 0.3) is 16.6 Å². The van der Waals surface area contributed by atoms with E-state index in [9.17, 15) is 0 Å². The van der Waals surface area contributed by atoms with Crippen LogP contribution >= 0.6 is 0 Å². The Bertz CT molecular complexity index is 620. The zero-order valence-corrected chi connectivity index (χ0v) is 9.22. The molecule has 2 aromatic heterocycles. The van der Waals surface area contributed by atoms with Gasteiger partial charge in [0.1, 0.15) is 0 Å². The van der Waals surface area contributed by atoms with Crippen LogP contribution in [0.3, 0.4) is 0 Å². The minimum atomic E-state index is 1.26. The fourth-order valence-corrected chi connectivity index (χ4v) is 2.14. The number of hydrogen-bond acceptors (Lipinski definition) is 0. The van der Waals surface area contributed by atoms with Crippen LogP contribution < -0.4 is 0 Å². The molecular formula is C15H13N. The van der Waals surface area contributed by atoms with Gasteiger partial charge in [-0.05, 0) is 36.2 Å². The number of rotatable bonds is 1. The lowest BCUT2D eigenvalue weighted by molar-refractivity contribution is 1.17. The molecule has 0 aliphatic heterocycles. The average Bonchev–Trinajstić information content (AvgIpc) is 2.77. The minimum Gasteiger partial charge on any atom is -0.323 e. The Balaban J connectivity index is 2.34. The van der Waals surface area contributed by atoms with Gasteiger partial charge in [-0.2, -0.15) is 0 Å². The molecule has 3 aromatic rings. The van der Waals surface area contributed by atoms with Gasteiger partial charge in [0.2, 0.25) is 0 Å². The summed E-state index contributed by atoms with van der Waals surface area (Å²) < 4.78 is 2.18. The van der Waals surface area contributed by atoms with Crippen molar-refractivity contribution in [2.75, 3.05) is 0 Å². The minimum absolute atomic E-state index is 1.26. The van der Waals surface area contributed by atoms with E-state index in [1.54, 1.807) is 0 Å². The van der Waals surface area contributed by atoms with Crippen molar-refractivity contribution in [1.29, 1.82) is 0 Å². The number of hydrogen-bond donors (Lipinski definition) is 0. The topological polar surface area (TPSA) is 4.41 Å². The van der Waals surface area contributed by atoms with Crippen LogP contribution in [0.5, 0.6) is 0 Å². The lowest BCUT2D eigenvalue weighted by Gasteiger charge is -2.07. The molecule has 0 radical (unpaired) electrons. The summed E-state index contributed by atoms with van der Waals surface area (Å²) in [5.74, 6) is 0. The van der Waals surface area contributed by atoms with Crippen LogP contribution in [0.4, 0.5) is 0 Å². The third kappa shape index (κ3) is 1.41. The summed E-state index contributed by atoms with van der Waals surface area (Å²) in [7, 11) is 0. The predicted octanol–water partition coefficient (Wildman–Crippen LogP) is 3.91. The summed E-state index contributed by atoms with van der Waals surface area (Å²) in [6.07, 6.45) is 4.25. The highest BCUT2D eigenvalue weighted by molar-refractivity contribution is 5.80. The molecule has 3 rings (SSSR count). The van der Waals surface area contributed by atoms with Crippen molar-refractivity contribution in [2.24, 2.45) is 0 Å². The molecule has 0 aliphatic carbocycles. The Labute approximate surface area is 95.0 Å². The summed E-state index contributed by atoms with van der Waals surface area (Å²) in [6, 6.07) is 17.0. The Kier molecular flexibility index (Phi) is 2.03. The number of aryl methyl sites for hydroxylation is 1. The quantitative estimate of drug-likeness (QED) is 0.569. The molecule has 2 heterocycles. The fraction of sp³-hybridized carbons (Fsp3) is 0.0667. The van der Waals surface area contributed by atoms with Crippen molar-refractivity contribution in [1.82, 2.24) is 4.40 Å². The molecule has 0 fully saturated rings. The van der Waals surface area contributed by atoms with E-state index >= 15 is 0 Å². The molecule has 0 unspecified atom stereocenters. The lowest BCUT2D eigenvalue weighted by Crippen LogP contribution is -1.88. The summed E-state index contributed by atoms with van der Waals surface area (Å²) in [5, 5.41) is 0. The molecule has 0 saturated heterocycles. The van der Waals surface area contributed by atoms with Gasteiger partial charge in [0.05, 0.1) is 5.52 Å². The van der Waals surface area contributed by atoms with Crippen LogP contribution in [0.2, 0.25) is 0 Å². The van der Waals surface area contributed by atoms with Crippen molar-refractivity contribution >= 4 is 5.52 Å². The summed E-state index contributed by atoms with van der Waals surface area (Å²) >= 11 is 0. The van der Waals surface area contributed by atoms with E-state index in [-0.39, 0.29) is 0 Å².